The normalized spacial score (nSPS) is 10.6. The van der Waals surface area contributed by atoms with Gasteiger partial charge in [-0.05, 0) is 24.1 Å². The van der Waals surface area contributed by atoms with Gasteiger partial charge in [0.05, 0.1) is 22.8 Å². The minimum Gasteiger partial charge on any atom is -0.493 e. The smallest absolute Gasteiger partial charge is 0.255 e. The number of methoxy groups -OCH3 is 1. The number of ether oxygens (including phenoxy) is 2. The van der Waals surface area contributed by atoms with Crippen molar-refractivity contribution in [3.8, 4) is 11.5 Å². The number of thiazole rings is 1. The number of hydrogen-bond acceptors (Lipinski definition) is 6. The monoisotopic (exact) mass is 369 g/mol. The summed E-state index contributed by atoms with van der Waals surface area (Å²) in [5.74, 6) is 0.199. The van der Waals surface area contributed by atoms with Crippen LogP contribution in [0.15, 0.2) is 17.5 Å². The summed E-state index contributed by atoms with van der Waals surface area (Å²) in [6.45, 7) is 3.12. The number of nitrogens with zero attached hydrogens (tertiary/aromatic N) is 1. The molecule has 0 aliphatic heterocycles. The molecule has 0 atom stereocenters. The van der Waals surface area contributed by atoms with Gasteiger partial charge in [-0.1, -0.05) is 18.5 Å². The fraction of sp³-hybridized carbons (Fsp3) is 0.375. The van der Waals surface area contributed by atoms with Crippen LogP contribution in [-0.2, 0) is 24.3 Å². The van der Waals surface area contributed by atoms with E-state index in [9.17, 15) is 4.79 Å². The number of carbonyl (C=O) groups excluding carboxylic acids is 1. The molecular weight excluding hydrogens is 350 g/mol. The van der Waals surface area contributed by atoms with Crippen LogP contribution in [0.1, 0.15) is 23.2 Å². The molecule has 2 aromatic rings. The number of halogens is 1. The van der Waals surface area contributed by atoms with Crippen LogP contribution in [0.4, 0.5) is 0 Å². The zero-order valence-electron chi connectivity index (χ0n) is 13.6. The lowest BCUT2D eigenvalue weighted by molar-refractivity contribution is -0.119. The molecule has 1 aromatic carbocycles. The van der Waals surface area contributed by atoms with Crippen LogP contribution in [0.5, 0.6) is 11.5 Å². The zero-order valence-corrected chi connectivity index (χ0v) is 15.2. The SMILES string of the molecule is CCc1nc(CNCc2cc(Cl)c(OCC(N)=O)c(OC)c2)cs1. The Morgan fingerprint density at radius 1 is 1.42 bits per heavy atom. The summed E-state index contributed by atoms with van der Waals surface area (Å²) in [4.78, 5) is 15.4. The molecular formula is C16H20ClN3O3S. The van der Waals surface area contributed by atoms with E-state index in [0.29, 0.717) is 29.6 Å². The molecule has 0 spiro atoms. The lowest BCUT2D eigenvalue weighted by Crippen LogP contribution is -2.20. The van der Waals surface area contributed by atoms with Crippen LogP contribution < -0.4 is 20.5 Å². The molecule has 3 N–H and O–H groups in total. The molecule has 0 saturated heterocycles. The first-order chi connectivity index (χ1) is 11.5. The lowest BCUT2D eigenvalue weighted by Gasteiger charge is -2.13. The van der Waals surface area contributed by atoms with Gasteiger partial charge in [0.2, 0.25) is 0 Å². The topological polar surface area (TPSA) is 86.5 Å². The van der Waals surface area contributed by atoms with E-state index in [0.717, 1.165) is 22.7 Å². The van der Waals surface area contributed by atoms with Crippen molar-refractivity contribution in [2.75, 3.05) is 13.7 Å². The third kappa shape index (κ3) is 5.09. The average molecular weight is 370 g/mol. The minimum atomic E-state index is -0.575. The standard InChI is InChI=1S/C16H20ClN3O3S/c1-3-15-20-11(9-24-15)7-19-6-10-4-12(17)16(13(5-10)22-2)23-8-14(18)21/h4-5,9,19H,3,6-8H2,1-2H3,(H2,18,21). The van der Waals surface area contributed by atoms with E-state index in [1.807, 2.05) is 6.07 Å². The number of primary amides is 1. The van der Waals surface area contributed by atoms with E-state index in [-0.39, 0.29) is 6.61 Å². The van der Waals surface area contributed by atoms with Crippen molar-refractivity contribution in [1.82, 2.24) is 10.3 Å². The highest BCUT2D eigenvalue weighted by molar-refractivity contribution is 7.09. The Balaban J connectivity index is 1.99. The highest BCUT2D eigenvalue weighted by Crippen LogP contribution is 2.36. The maximum atomic E-state index is 10.8. The van der Waals surface area contributed by atoms with Crippen molar-refractivity contribution in [3.05, 3.63) is 38.8 Å². The summed E-state index contributed by atoms with van der Waals surface area (Å²) in [6, 6.07) is 3.58. The second kappa shape index (κ2) is 8.86. The van der Waals surface area contributed by atoms with Gasteiger partial charge in [-0.15, -0.1) is 11.3 Å². The zero-order chi connectivity index (χ0) is 17.5. The first-order valence-electron chi connectivity index (χ1n) is 7.45. The van der Waals surface area contributed by atoms with Gasteiger partial charge in [-0.25, -0.2) is 4.98 Å². The Kier molecular flexibility index (Phi) is 6.84. The molecule has 1 heterocycles. The lowest BCUT2D eigenvalue weighted by atomic mass is 10.2. The molecule has 0 unspecified atom stereocenters. The van der Waals surface area contributed by atoms with Crippen LogP contribution >= 0.6 is 22.9 Å². The van der Waals surface area contributed by atoms with E-state index in [1.54, 1.807) is 17.4 Å². The molecule has 130 valence electrons. The maximum Gasteiger partial charge on any atom is 0.255 e. The second-order valence-electron chi connectivity index (χ2n) is 5.05. The Labute approximate surface area is 149 Å². The molecule has 1 aromatic heterocycles. The van der Waals surface area contributed by atoms with E-state index < -0.39 is 5.91 Å². The predicted molar refractivity (Wildman–Crippen MR) is 94.7 cm³/mol. The highest BCUT2D eigenvalue weighted by atomic mass is 35.5. The fourth-order valence-electron chi connectivity index (χ4n) is 2.09. The molecule has 1 amide bonds. The number of rotatable bonds is 9. The van der Waals surface area contributed by atoms with Crippen LogP contribution in [0, 0.1) is 0 Å². The van der Waals surface area contributed by atoms with Crippen molar-refractivity contribution >= 4 is 28.8 Å². The molecule has 6 nitrogen and oxygen atoms in total. The maximum absolute atomic E-state index is 10.8. The van der Waals surface area contributed by atoms with Crippen LogP contribution in [0.2, 0.25) is 5.02 Å². The molecule has 24 heavy (non-hydrogen) atoms. The first-order valence-corrected chi connectivity index (χ1v) is 8.70. The van der Waals surface area contributed by atoms with E-state index in [4.69, 9.17) is 26.8 Å². The number of nitrogens with two attached hydrogens (primary N) is 1. The molecule has 0 radical (unpaired) electrons. The molecule has 0 saturated carbocycles. The summed E-state index contributed by atoms with van der Waals surface area (Å²) in [5, 5.41) is 6.88. The number of benzene rings is 1. The van der Waals surface area contributed by atoms with E-state index >= 15 is 0 Å². The quantitative estimate of drug-likeness (QED) is 0.709. The summed E-state index contributed by atoms with van der Waals surface area (Å²) >= 11 is 7.89. The van der Waals surface area contributed by atoms with Gasteiger partial charge in [-0.3, -0.25) is 4.79 Å². The number of nitrogens with one attached hydrogen (secondary N) is 1. The molecule has 0 aliphatic carbocycles. The third-order valence-corrected chi connectivity index (χ3v) is 4.51. The average Bonchev–Trinajstić information content (AvgIpc) is 3.01. The molecule has 2 rings (SSSR count). The third-order valence-electron chi connectivity index (χ3n) is 3.18. The number of aryl methyl sites for hydroxylation is 1. The van der Waals surface area contributed by atoms with Gasteiger partial charge in [0.15, 0.2) is 18.1 Å². The molecule has 8 heteroatoms. The molecule has 0 fully saturated rings. The van der Waals surface area contributed by atoms with E-state index in [1.165, 1.54) is 7.11 Å². The van der Waals surface area contributed by atoms with Gasteiger partial charge < -0.3 is 20.5 Å². The Hall–Kier alpha value is -1.83. The number of carbonyl (C=O) groups is 1. The second-order valence-corrected chi connectivity index (χ2v) is 6.40. The van der Waals surface area contributed by atoms with Crippen molar-refractivity contribution in [3.63, 3.8) is 0 Å². The summed E-state index contributed by atoms with van der Waals surface area (Å²) in [5.41, 5.74) is 7.05. The number of aromatic nitrogens is 1. The van der Waals surface area contributed by atoms with Crippen LogP contribution in [0.25, 0.3) is 0 Å². The van der Waals surface area contributed by atoms with Gasteiger partial charge in [-0.2, -0.15) is 0 Å². The fourth-order valence-corrected chi connectivity index (χ4v) is 3.12. The highest BCUT2D eigenvalue weighted by Gasteiger charge is 2.13. The van der Waals surface area contributed by atoms with Gasteiger partial charge in [0, 0.05) is 18.5 Å². The Morgan fingerprint density at radius 2 is 2.21 bits per heavy atom. The number of hydrogen-bond donors (Lipinski definition) is 2. The van der Waals surface area contributed by atoms with Crippen LogP contribution in [0.3, 0.4) is 0 Å². The van der Waals surface area contributed by atoms with Gasteiger partial charge in [0.1, 0.15) is 0 Å². The van der Waals surface area contributed by atoms with Crippen molar-refractivity contribution in [1.29, 1.82) is 0 Å². The summed E-state index contributed by atoms with van der Waals surface area (Å²) in [6.07, 6.45) is 0.949. The largest absolute Gasteiger partial charge is 0.493 e. The van der Waals surface area contributed by atoms with Gasteiger partial charge in [0.25, 0.3) is 5.91 Å². The summed E-state index contributed by atoms with van der Waals surface area (Å²) < 4.78 is 10.6. The summed E-state index contributed by atoms with van der Waals surface area (Å²) in [7, 11) is 1.52. The molecule has 0 bridgehead atoms. The van der Waals surface area contributed by atoms with Crippen LogP contribution in [-0.4, -0.2) is 24.6 Å². The van der Waals surface area contributed by atoms with Crippen molar-refractivity contribution in [2.45, 2.75) is 26.4 Å². The first kappa shape index (κ1) is 18.5. The Bertz CT molecular complexity index is 706. The van der Waals surface area contributed by atoms with Crippen molar-refractivity contribution in [2.24, 2.45) is 5.73 Å². The van der Waals surface area contributed by atoms with Crippen molar-refractivity contribution < 1.29 is 14.3 Å². The molecule has 0 aliphatic rings. The Morgan fingerprint density at radius 3 is 2.83 bits per heavy atom. The number of amides is 1. The van der Waals surface area contributed by atoms with E-state index in [2.05, 4.69) is 22.6 Å². The van der Waals surface area contributed by atoms with Gasteiger partial charge >= 0.3 is 0 Å². The predicted octanol–water partition coefficient (Wildman–Crippen LogP) is 2.52. The minimum absolute atomic E-state index is 0.253.